The zero-order valence-electron chi connectivity index (χ0n) is 31.0. The summed E-state index contributed by atoms with van der Waals surface area (Å²) in [6.45, 7) is 10.6. The average Bonchev–Trinajstić information content (AvgIpc) is 3.84. The van der Waals surface area contributed by atoms with Crippen LogP contribution in [0, 0.1) is 0 Å². The highest BCUT2D eigenvalue weighted by molar-refractivity contribution is 5.74. The monoisotopic (exact) mass is 687 g/mol. The molecule has 0 bridgehead atoms. The highest BCUT2D eigenvalue weighted by Crippen LogP contribution is 2.38. The van der Waals surface area contributed by atoms with E-state index >= 15 is 0 Å². The number of hydrogen-bond acceptors (Lipinski definition) is 7. The largest absolute Gasteiger partial charge is 0.461 e. The minimum absolute atomic E-state index is 0.0221. The van der Waals surface area contributed by atoms with Gasteiger partial charge in [-0.3, -0.25) is 0 Å². The molecular formula is C42H61N3O5. The van der Waals surface area contributed by atoms with Crippen molar-refractivity contribution in [1.29, 1.82) is 0 Å². The lowest BCUT2D eigenvalue weighted by molar-refractivity contribution is -0.137. The molecule has 2 aliphatic carbocycles. The van der Waals surface area contributed by atoms with Crippen LogP contribution in [0.25, 0.3) is 0 Å². The van der Waals surface area contributed by atoms with E-state index in [1.807, 2.05) is 27.7 Å². The molecular weight excluding hydrogens is 626 g/mol. The van der Waals surface area contributed by atoms with Crippen LogP contribution in [0.1, 0.15) is 138 Å². The lowest BCUT2D eigenvalue weighted by atomic mass is 9.79. The molecule has 4 atom stereocenters. The van der Waals surface area contributed by atoms with Gasteiger partial charge in [-0.2, -0.15) is 0 Å². The fourth-order valence-electron chi connectivity index (χ4n) is 8.95. The highest BCUT2D eigenvalue weighted by Gasteiger charge is 2.37. The van der Waals surface area contributed by atoms with E-state index in [0.717, 1.165) is 13.0 Å². The lowest BCUT2D eigenvalue weighted by Gasteiger charge is -2.28. The molecule has 2 unspecified atom stereocenters. The summed E-state index contributed by atoms with van der Waals surface area (Å²) >= 11 is 0. The summed E-state index contributed by atoms with van der Waals surface area (Å²) in [6.07, 6.45) is 14.2. The van der Waals surface area contributed by atoms with Crippen molar-refractivity contribution < 1.29 is 23.7 Å². The lowest BCUT2D eigenvalue weighted by Crippen LogP contribution is -2.38. The second-order valence-electron chi connectivity index (χ2n) is 16.4. The van der Waals surface area contributed by atoms with Crippen LogP contribution in [0.4, 0.5) is 0 Å². The van der Waals surface area contributed by atoms with Crippen LogP contribution in [-0.2, 0) is 23.7 Å². The first-order valence-corrected chi connectivity index (χ1v) is 19.7. The van der Waals surface area contributed by atoms with Gasteiger partial charge in [-0.1, -0.05) is 87.1 Å². The first-order chi connectivity index (χ1) is 24.2. The third kappa shape index (κ3) is 9.29. The first kappa shape index (κ1) is 35.9. The molecule has 5 fully saturated rings. The van der Waals surface area contributed by atoms with Crippen molar-refractivity contribution in [3.05, 3.63) is 70.8 Å². The first-order valence-electron chi connectivity index (χ1n) is 19.7. The minimum atomic E-state index is -0.587. The molecule has 3 saturated heterocycles. The van der Waals surface area contributed by atoms with Gasteiger partial charge in [0.1, 0.15) is 18.3 Å². The molecule has 8 nitrogen and oxygen atoms in total. The van der Waals surface area contributed by atoms with Crippen LogP contribution in [0.2, 0.25) is 0 Å². The van der Waals surface area contributed by atoms with Crippen molar-refractivity contribution >= 4 is 6.02 Å². The molecule has 0 spiro atoms. The van der Waals surface area contributed by atoms with Gasteiger partial charge in [-0.15, -0.1) is 0 Å². The number of amidine groups is 1. The summed E-state index contributed by atoms with van der Waals surface area (Å²) in [5.74, 6) is 0.480. The van der Waals surface area contributed by atoms with Gasteiger partial charge in [-0.05, 0) is 87.5 Å². The number of ether oxygens (including phenoxy) is 5. The molecule has 274 valence electrons. The average molecular weight is 688 g/mol. The zero-order chi connectivity index (χ0) is 34.6. The van der Waals surface area contributed by atoms with Crippen LogP contribution in [0.5, 0.6) is 0 Å². The normalized spacial score (nSPS) is 29.1. The fraction of sp³-hybridized carbons (Fsp3) is 0.690. The Morgan fingerprint density at radius 2 is 1.28 bits per heavy atom. The van der Waals surface area contributed by atoms with E-state index in [1.54, 1.807) is 0 Å². The van der Waals surface area contributed by atoms with Crippen molar-refractivity contribution in [2.45, 2.75) is 152 Å². The molecule has 3 aliphatic heterocycles. The fourth-order valence-corrected chi connectivity index (χ4v) is 8.95. The van der Waals surface area contributed by atoms with Gasteiger partial charge < -0.3 is 34.3 Å². The van der Waals surface area contributed by atoms with E-state index in [-0.39, 0.29) is 30.3 Å². The van der Waals surface area contributed by atoms with Gasteiger partial charge in [0.15, 0.2) is 11.6 Å². The quantitative estimate of drug-likeness (QED) is 0.194. The predicted octanol–water partition coefficient (Wildman–Crippen LogP) is 7.91. The van der Waals surface area contributed by atoms with E-state index in [4.69, 9.17) is 28.7 Å². The molecule has 3 heterocycles. The van der Waals surface area contributed by atoms with Crippen molar-refractivity contribution in [1.82, 2.24) is 10.6 Å². The highest BCUT2D eigenvalue weighted by atomic mass is 16.7. The second kappa shape index (κ2) is 16.0. The summed E-state index contributed by atoms with van der Waals surface area (Å²) in [5, 5.41) is 7.34. The molecule has 5 aliphatic rings. The number of rotatable bonds is 10. The van der Waals surface area contributed by atoms with Gasteiger partial charge in [-0.25, -0.2) is 4.99 Å². The summed E-state index contributed by atoms with van der Waals surface area (Å²) in [4.78, 5) is 4.88. The standard InChI is InChI=1S/C42H61N3O5/c1-41(2)46-27-36(49-41)25-44-40(45-26-37-28-47-42(3,4)50-37)48-35-23-38(43-24-35)39(33-19-15-31(16-20-33)29-11-7-5-8-12-29)34-21-17-32(18-22-34)30-13-9-6-10-14-30/h15-22,29-30,35-39,43H,5-14,23-28H2,1-4H3,(H,44,45)/t35-,36?,37?,38-/m1/s1. The van der Waals surface area contributed by atoms with Gasteiger partial charge in [0.25, 0.3) is 6.02 Å². The van der Waals surface area contributed by atoms with Gasteiger partial charge in [0.2, 0.25) is 0 Å². The molecule has 2 N–H and O–H groups in total. The van der Waals surface area contributed by atoms with Crippen molar-refractivity contribution in [2.75, 3.05) is 32.8 Å². The second-order valence-corrected chi connectivity index (χ2v) is 16.4. The maximum absolute atomic E-state index is 6.67. The van der Waals surface area contributed by atoms with Crippen LogP contribution in [0.3, 0.4) is 0 Å². The molecule has 8 heteroatoms. The molecule has 50 heavy (non-hydrogen) atoms. The smallest absolute Gasteiger partial charge is 0.285 e. The van der Waals surface area contributed by atoms with Crippen molar-refractivity contribution in [3.8, 4) is 0 Å². The molecule has 0 aromatic heterocycles. The Bertz CT molecular complexity index is 1340. The Kier molecular flexibility index (Phi) is 11.5. The van der Waals surface area contributed by atoms with Crippen molar-refractivity contribution in [3.63, 3.8) is 0 Å². The summed E-state index contributed by atoms with van der Waals surface area (Å²) < 4.78 is 30.4. The van der Waals surface area contributed by atoms with E-state index in [2.05, 4.69) is 59.2 Å². The third-order valence-electron chi connectivity index (χ3n) is 11.6. The van der Waals surface area contributed by atoms with E-state index in [0.29, 0.717) is 44.2 Å². The van der Waals surface area contributed by atoms with Gasteiger partial charge >= 0.3 is 0 Å². The topological polar surface area (TPSA) is 82.6 Å². The number of hydrogen-bond donors (Lipinski definition) is 2. The summed E-state index contributed by atoms with van der Waals surface area (Å²) in [7, 11) is 0. The molecule has 2 aromatic carbocycles. The van der Waals surface area contributed by atoms with Crippen LogP contribution >= 0.6 is 0 Å². The third-order valence-corrected chi connectivity index (χ3v) is 11.6. The number of aliphatic imine (C=N–C) groups is 1. The molecule has 7 rings (SSSR count). The Morgan fingerprint density at radius 1 is 0.760 bits per heavy atom. The molecule has 2 aromatic rings. The molecule has 0 amide bonds. The molecule has 0 radical (unpaired) electrons. The number of nitrogens with one attached hydrogen (secondary N) is 2. The summed E-state index contributed by atoms with van der Waals surface area (Å²) in [6, 6.07) is 20.1. The maximum Gasteiger partial charge on any atom is 0.285 e. The molecule has 2 saturated carbocycles. The SMILES string of the molecule is CC1(C)OCC(C/N=C(\NCC2COC(C)(C)O2)O[C@H]2CN[C@@H](C(c3ccc(C4CCCCC4)cc3)c3ccc(C4CCCCC4)cc3)C2)O1. The Hall–Kier alpha value is -2.49. The minimum Gasteiger partial charge on any atom is -0.461 e. The zero-order valence-corrected chi connectivity index (χ0v) is 31.0. The van der Waals surface area contributed by atoms with E-state index in [9.17, 15) is 0 Å². The van der Waals surface area contributed by atoms with E-state index < -0.39 is 11.6 Å². The van der Waals surface area contributed by atoms with Crippen LogP contribution < -0.4 is 10.6 Å². The van der Waals surface area contributed by atoms with E-state index in [1.165, 1.54) is 86.5 Å². The van der Waals surface area contributed by atoms with Crippen molar-refractivity contribution in [2.24, 2.45) is 4.99 Å². The number of nitrogens with zero attached hydrogens (tertiary/aromatic N) is 1. The Balaban J connectivity index is 1.07. The Labute approximate surface area is 300 Å². The van der Waals surface area contributed by atoms with Gasteiger partial charge in [0, 0.05) is 31.5 Å². The predicted molar refractivity (Wildman–Crippen MR) is 198 cm³/mol. The Morgan fingerprint density at radius 3 is 1.78 bits per heavy atom. The summed E-state index contributed by atoms with van der Waals surface area (Å²) in [5.41, 5.74) is 5.77. The maximum atomic E-state index is 6.67. The number of benzene rings is 2. The van der Waals surface area contributed by atoms with Crippen LogP contribution in [-0.4, -0.2) is 74.8 Å². The van der Waals surface area contributed by atoms with Gasteiger partial charge in [0.05, 0.1) is 19.8 Å². The van der Waals surface area contributed by atoms with Crippen LogP contribution in [0.15, 0.2) is 53.5 Å².